The van der Waals surface area contributed by atoms with Gasteiger partial charge in [0.15, 0.2) is 0 Å². The summed E-state index contributed by atoms with van der Waals surface area (Å²) in [6.45, 7) is 3.81. The van der Waals surface area contributed by atoms with Crippen molar-refractivity contribution in [3.05, 3.63) is 12.3 Å². The number of hydrogen-bond acceptors (Lipinski definition) is 3. The Morgan fingerprint density at radius 3 is 3.00 bits per heavy atom. The Morgan fingerprint density at radius 2 is 2.46 bits per heavy atom. The Labute approximate surface area is 78.9 Å². The van der Waals surface area contributed by atoms with Gasteiger partial charge in [-0.15, -0.1) is 0 Å². The van der Waals surface area contributed by atoms with Crippen molar-refractivity contribution in [1.29, 1.82) is 0 Å². The third kappa shape index (κ3) is 3.46. The largest absolute Gasteiger partial charge is 0.384 e. The molecule has 1 atom stereocenters. The topological polar surface area (TPSA) is 39.1 Å². The van der Waals surface area contributed by atoms with E-state index in [1.807, 2.05) is 19.3 Å². The number of nitrogens with one attached hydrogen (secondary N) is 1. The molecular weight excluding hydrogens is 166 g/mol. The highest BCUT2D eigenvalue weighted by Gasteiger charge is 2.01. The van der Waals surface area contributed by atoms with E-state index in [0.29, 0.717) is 5.92 Å². The lowest BCUT2D eigenvalue weighted by Crippen LogP contribution is -2.16. The summed E-state index contributed by atoms with van der Waals surface area (Å²) in [7, 11) is 3.63. The van der Waals surface area contributed by atoms with E-state index in [2.05, 4.69) is 17.3 Å². The van der Waals surface area contributed by atoms with E-state index in [1.165, 1.54) is 0 Å². The molecule has 13 heavy (non-hydrogen) atoms. The normalized spacial score (nSPS) is 12.8. The lowest BCUT2D eigenvalue weighted by atomic mass is 10.2. The van der Waals surface area contributed by atoms with Crippen LogP contribution in [0.5, 0.6) is 0 Å². The Bertz CT molecular complexity index is 247. The number of aryl methyl sites for hydroxylation is 1. The quantitative estimate of drug-likeness (QED) is 0.743. The predicted molar refractivity (Wildman–Crippen MR) is 52.7 cm³/mol. The molecule has 0 spiro atoms. The van der Waals surface area contributed by atoms with E-state index >= 15 is 0 Å². The van der Waals surface area contributed by atoms with Crippen LogP contribution in [0.3, 0.4) is 0 Å². The number of rotatable bonds is 5. The maximum absolute atomic E-state index is 5.03. The zero-order valence-corrected chi connectivity index (χ0v) is 8.45. The summed E-state index contributed by atoms with van der Waals surface area (Å²) in [6.07, 6.45) is 1.92. The third-order valence-corrected chi connectivity index (χ3v) is 1.80. The Kier molecular flexibility index (Phi) is 3.76. The summed E-state index contributed by atoms with van der Waals surface area (Å²) in [5.74, 6) is 1.43. The van der Waals surface area contributed by atoms with Crippen LogP contribution < -0.4 is 5.32 Å². The molecule has 1 heterocycles. The highest BCUT2D eigenvalue weighted by Crippen LogP contribution is 2.03. The van der Waals surface area contributed by atoms with Crippen LogP contribution in [0.25, 0.3) is 0 Å². The summed E-state index contributed by atoms with van der Waals surface area (Å²) < 4.78 is 6.81. The van der Waals surface area contributed by atoms with Crippen LogP contribution >= 0.6 is 0 Å². The zero-order chi connectivity index (χ0) is 9.68. The van der Waals surface area contributed by atoms with Crippen molar-refractivity contribution >= 4 is 5.82 Å². The fourth-order valence-electron chi connectivity index (χ4n) is 1.13. The molecule has 0 saturated carbocycles. The molecule has 1 unspecified atom stereocenters. The van der Waals surface area contributed by atoms with Gasteiger partial charge in [-0.2, -0.15) is 5.10 Å². The molecule has 1 rings (SSSR count). The van der Waals surface area contributed by atoms with Gasteiger partial charge in [-0.1, -0.05) is 6.92 Å². The molecule has 0 radical (unpaired) electrons. The van der Waals surface area contributed by atoms with Gasteiger partial charge in [-0.3, -0.25) is 4.68 Å². The maximum Gasteiger partial charge on any atom is 0.147 e. The number of nitrogens with zero attached hydrogens (tertiary/aromatic N) is 2. The molecule has 0 fully saturated rings. The first-order chi connectivity index (χ1) is 6.22. The fraction of sp³-hybridized carbons (Fsp3) is 0.667. The molecule has 1 aromatic heterocycles. The zero-order valence-electron chi connectivity index (χ0n) is 8.45. The van der Waals surface area contributed by atoms with Crippen molar-refractivity contribution in [1.82, 2.24) is 9.78 Å². The molecule has 4 nitrogen and oxygen atoms in total. The number of aromatic nitrogens is 2. The van der Waals surface area contributed by atoms with Crippen LogP contribution in [-0.2, 0) is 11.8 Å². The average molecular weight is 183 g/mol. The Balaban J connectivity index is 2.26. The van der Waals surface area contributed by atoms with Crippen LogP contribution in [0.15, 0.2) is 12.3 Å². The lowest BCUT2D eigenvalue weighted by molar-refractivity contribution is 0.164. The first-order valence-corrected chi connectivity index (χ1v) is 4.45. The summed E-state index contributed by atoms with van der Waals surface area (Å²) in [4.78, 5) is 0. The first-order valence-electron chi connectivity index (χ1n) is 4.45. The van der Waals surface area contributed by atoms with Gasteiger partial charge in [-0.05, 0) is 5.92 Å². The van der Waals surface area contributed by atoms with E-state index in [4.69, 9.17) is 4.74 Å². The van der Waals surface area contributed by atoms with E-state index in [-0.39, 0.29) is 0 Å². The van der Waals surface area contributed by atoms with Gasteiger partial charge in [0.05, 0.1) is 6.61 Å². The second-order valence-corrected chi connectivity index (χ2v) is 3.32. The molecule has 0 bridgehead atoms. The third-order valence-electron chi connectivity index (χ3n) is 1.80. The number of anilines is 1. The van der Waals surface area contributed by atoms with Crippen molar-refractivity contribution in [2.75, 3.05) is 25.6 Å². The highest BCUT2D eigenvalue weighted by molar-refractivity contribution is 5.31. The predicted octanol–water partition coefficient (Wildman–Crippen LogP) is 1.11. The average Bonchev–Trinajstić information content (AvgIpc) is 2.49. The molecular formula is C9H17N3O. The summed E-state index contributed by atoms with van der Waals surface area (Å²) in [6, 6.07) is 1.96. The SMILES string of the molecule is COCC(C)CNc1ccn(C)n1. The Morgan fingerprint density at radius 1 is 1.69 bits per heavy atom. The molecule has 0 aliphatic heterocycles. The van der Waals surface area contributed by atoms with Crippen molar-refractivity contribution in [3.63, 3.8) is 0 Å². The second kappa shape index (κ2) is 4.87. The molecule has 0 aliphatic rings. The lowest BCUT2D eigenvalue weighted by Gasteiger charge is -2.10. The minimum absolute atomic E-state index is 0.506. The van der Waals surface area contributed by atoms with E-state index < -0.39 is 0 Å². The van der Waals surface area contributed by atoms with Crippen LogP contribution in [0.2, 0.25) is 0 Å². The van der Waals surface area contributed by atoms with Crippen molar-refractivity contribution < 1.29 is 4.74 Å². The van der Waals surface area contributed by atoms with Crippen molar-refractivity contribution in [2.45, 2.75) is 6.92 Å². The molecule has 1 aromatic rings. The van der Waals surface area contributed by atoms with Crippen LogP contribution in [0, 0.1) is 5.92 Å². The van der Waals surface area contributed by atoms with Crippen LogP contribution in [0.1, 0.15) is 6.92 Å². The molecule has 1 N–H and O–H groups in total. The van der Waals surface area contributed by atoms with Crippen molar-refractivity contribution in [2.24, 2.45) is 13.0 Å². The minimum Gasteiger partial charge on any atom is -0.384 e. The first kappa shape index (κ1) is 10.1. The number of methoxy groups -OCH3 is 1. The van der Waals surface area contributed by atoms with Gasteiger partial charge in [-0.25, -0.2) is 0 Å². The van der Waals surface area contributed by atoms with Gasteiger partial charge >= 0.3 is 0 Å². The van der Waals surface area contributed by atoms with E-state index in [1.54, 1.807) is 11.8 Å². The Hall–Kier alpha value is -1.03. The summed E-state index contributed by atoms with van der Waals surface area (Å²) in [5.41, 5.74) is 0. The molecule has 0 aromatic carbocycles. The monoisotopic (exact) mass is 183 g/mol. The summed E-state index contributed by atoms with van der Waals surface area (Å²) in [5, 5.41) is 7.45. The molecule has 0 saturated heterocycles. The molecule has 0 aliphatic carbocycles. The van der Waals surface area contributed by atoms with Gasteiger partial charge in [0.25, 0.3) is 0 Å². The second-order valence-electron chi connectivity index (χ2n) is 3.32. The van der Waals surface area contributed by atoms with Gasteiger partial charge < -0.3 is 10.1 Å². The standard InChI is InChI=1S/C9H17N3O/c1-8(7-13-3)6-10-9-4-5-12(2)11-9/h4-5,8H,6-7H2,1-3H3,(H,10,11). The van der Waals surface area contributed by atoms with Crippen molar-refractivity contribution in [3.8, 4) is 0 Å². The number of hydrogen-bond donors (Lipinski definition) is 1. The van der Waals surface area contributed by atoms with E-state index in [9.17, 15) is 0 Å². The summed E-state index contributed by atoms with van der Waals surface area (Å²) >= 11 is 0. The maximum atomic E-state index is 5.03. The molecule has 74 valence electrons. The minimum atomic E-state index is 0.506. The molecule has 0 amide bonds. The van der Waals surface area contributed by atoms with Gasteiger partial charge in [0, 0.05) is 33.0 Å². The number of ether oxygens (including phenoxy) is 1. The van der Waals surface area contributed by atoms with Crippen LogP contribution in [0.4, 0.5) is 5.82 Å². The van der Waals surface area contributed by atoms with Crippen LogP contribution in [-0.4, -0.2) is 30.0 Å². The van der Waals surface area contributed by atoms with Gasteiger partial charge in [0.2, 0.25) is 0 Å². The fourth-order valence-corrected chi connectivity index (χ4v) is 1.13. The smallest absolute Gasteiger partial charge is 0.147 e. The highest BCUT2D eigenvalue weighted by atomic mass is 16.5. The van der Waals surface area contributed by atoms with E-state index in [0.717, 1.165) is 19.0 Å². The van der Waals surface area contributed by atoms with Gasteiger partial charge in [0.1, 0.15) is 5.82 Å². The molecule has 4 heteroatoms.